The zero-order valence-electron chi connectivity index (χ0n) is 18.9. The third-order valence-corrected chi connectivity index (χ3v) is 7.47. The number of hydrogen-bond acceptors (Lipinski definition) is 5. The lowest BCUT2D eigenvalue weighted by molar-refractivity contribution is -0.116. The van der Waals surface area contributed by atoms with Crippen molar-refractivity contribution >= 4 is 34.2 Å². The van der Waals surface area contributed by atoms with Crippen LogP contribution in [-0.4, -0.2) is 18.7 Å². The minimum absolute atomic E-state index is 0.106. The molecule has 2 aromatic carbocycles. The van der Waals surface area contributed by atoms with Crippen LogP contribution in [-0.2, 0) is 16.2 Å². The van der Waals surface area contributed by atoms with Gasteiger partial charge in [0, 0.05) is 41.3 Å². The number of hydrogen-bond donors (Lipinski definition) is 1. The first-order valence-corrected chi connectivity index (χ1v) is 12.6. The molecule has 3 aliphatic rings. The predicted octanol–water partition coefficient (Wildman–Crippen LogP) is 5.72. The van der Waals surface area contributed by atoms with Gasteiger partial charge in [0.1, 0.15) is 12.4 Å². The fourth-order valence-electron chi connectivity index (χ4n) is 5.10. The van der Waals surface area contributed by atoms with E-state index in [0.29, 0.717) is 24.3 Å². The van der Waals surface area contributed by atoms with Gasteiger partial charge in [-0.05, 0) is 83.7 Å². The summed E-state index contributed by atoms with van der Waals surface area (Å²) in [6, 6.07) is 10.0. The van der Waals surface area contributed by atoms with E-state index in [9.17, 15) is 14.0 Å². The van der Waals surface area contributed by atoms with Crippen LogP contribution in [0.2, 0.25) is 0 Å². The number of rotatable bonds is 5. The van der Waals surface area contributed by atoms with Crippen molar-refractivity contribution in [2.45, 2.75) is 51.0 Å². The van der Waals surface area contributed by atoms with Crippen molar-refractivity contribution in [1.82, 2.24) is 5.32 Å². The van der Waals surface area contributed by atoms with Crippen LogP contribution in [0.5, 0.6) is 11.5 Å². The fourth-order valence-corrected chi connectivity index (χ4v) is 5.88. The van der Waals surface area contributed by atoms with Crippen molar-refractivity contribution in [2.75, 3.05) is 7.11 Å². The van der Waals surface area contributed by atoms with Crippen molar-refractivity contribution in [1.29, 1.82) is 0 Å². The average Bonchev–Trinajstić information content (AvgIpc) is 2.83. The van der Waals surface area contributed by atoms with Gasteiger partial charge in [-0.3, -0.25) is 9.59 Å². The SMILES string of the molecule is COc1cc(C2C3=C(CCCC3=O)NC3=C2C(=O)CCC3)cc(I)c1OCc1ccc(F)cc1. The fraction of sp³-hybridized carbons (Fsp3) is 0.333. The molecule has 0 aromatic heterocycles. The molecule has 5 nitrogen and oxygen atoms in total. The molecule has 0 unspecified atom stereocenters. The van der Waals surface area contributed by atoms with Gasteiger partial charge in [0.15, 0.2) is 23.1 Å². The molecule has 7 heteroatoms. The minimum atomic E-state index is -0.389. The highest BCUT2D eigenvalue weighted by Gasteiger charge is 2.40. The molecule has 1 aliphatic heterocycles. The van der Waals surface area contributed by atoms with Gasteiger partial charge in [0.05, 0.1) is 10.7 Å². The highest BCUT2D eigenvalue weighted by atomic mass is 127. The second-order valence-electron chi connectivity index (χ2n) is 8.85. The second-order valence-corrected chi connectivity index (χ2v) is 10.0. The molecule has 1 heterocycles. The van der Waals surface area contributed by atoms with E-state index < -0.39 is 0 Å². The van der Waals surface area contributed by atoms with Gasteiger partial charge in [0.2, 0.25) is 0 Å². The molecule has 1 N–H and O–H groups in total. The zero-order chi connectivity index (χ0) is 23.8. The van der Waals surface area contributed by atoms with Gasteiger partial charge in [-0.25, -0.2) is 4.39 Å². The number of carbonyl (C=O) groups is 2. The highest BCUT2D eigenvalue weighted by Crippen LogP contribution is 2.47. The molecule has 0 amide bonds. The summed E-state index contributed by atoms with van der Waals surface area (Å²) in [7, 11) is 1.58. The van der Waals surface area contributed by atoms with Crippen molar-refractivity contribution in [3.05, 3.63) is 79.5 Å². The Hall–Kier alpha value is -2.68. The van der Waals surface area contributed by atoms with Gasteiger partial charge >= 0.3 is 0 Å². The number of allylic oxidation sites excluding steroid dienone is 4. The van der Waals surface area contributed by atoms with Crippen molar-refractivity contribution in [3.8, 4) is 11.5 Å². The van der Waals surface area contributed by atoms with Crippen LogP contribution < -0.4 is 14.8 Å². The Bertz CT molecular complexity index is 1190. The van der Waals surface area contributed by atoms with E-state index in [4.69, 9.17) is 9.47 Å². The van der Waals surface area contributed by atoms with Crippen LogP contribution in [0, 0.1) is 9.39 Å². The predicted molar refractivity (Wildman–Crippen MR) is 134 cm³/mol. The van der Waals surface area contributed by atoms with E-state index in [1.807, 2.05) is 12.1 Å². The Morgan fingerprint density at radius 2 is 1.59 bits per heavy atom. The average molecular weight is 573 g/mol. The lowest BCUT2D eigenvalue weighted by atomic mass is 9.71. The molecule has 0 radical (unpaired) electrons. The summed E-state index contributed by atoms with van der Waals surface area (Å²) in [5.41, 5.74) is 5.06. The number of nitrogens with one attached hydrogen (secondary N) is 1. The maximum absolute atomic E-state index is 13.2. The summed E-state index contributed by atoms with van der Waals surface area (Å²) < 4.78 is 25.8. The van der Waals surface area contributed by atoms with Crippen LogP contribution in [0.15, 0.2) is 58.9 Å². The zero-order valence-corrected chi connectivity index (χ0v) is 21.0. The number of ether oxygens (including phenoxy) is 2. The Balaban J connectivity index is 1.55. The topological polar surface area (TPSA) is 64.6 Å². The van der Waals surface area contributed by atoms with Crippen molar-refractivity contribution < 1.29 is 23.5 Å². The molecular formula is C27H25FINO4. The summed E-state index contributed by atoms with van der Waals surface area (Å²) in [5.74, 6) is 0.653. The monoisotopic (exact) mass is 573 g/mol. The summed E-state index contributed by atoms with van der Waals surface area (Å²) in [5, 5.41) is 3.45. The smallest absolute Gasteiger partial charge is 0.174 e. The maximum atomic E-state index is 13.2. The molecule has 0 spiro atoms. The van der Waals surface area contributed by atoms with E-state index in [1.165, 1.54) is 12.1 Å². The number of carbonyl (C=O) groups excluding carboxylic acids is 2. The van der Waals surface area contributed by atoms with E-state index in [0.717, 1.165) is 62.9 Å². The van der Waals surface area contributed by atoms with Gasteiger partial charge in [-0.15, -0.1) is 0 Å². The number of dihydropyridines is 1. The van der Waals surface area contributed by atoms with Crippen LogP contribution in [0.3, 0.4) is 0 Å². The van der Waals surface area contributed by atoms with Crippen LogP contribution >= 0.6 is 22.6 Å². The van der Waals surface area contributed by atoms with E-state index in [1.54, 1.807) is 19.2 Å². The summed E-state index contributed by atoms with van der Waals surface area (Å²) in [4.78, 5) is 26.1. The molecule has 0 atom stereocenters. The molecule has 2 aromatic rings. The largest absolute Gasteiger partial charge is 0.493 e. The van der Waals surface area contributed by atoms with E-state index >= 15 is 0 Å². The Morgan fingerprint density at radius 1 is 0.971 bits per heavy atom. The first-order valence-electron chi connectivity index (χ1n) is 11.5. The molecule has 2 aliphatic carbocycles. The molecule has 5 rings (SSSR count). The Kier molecular flexibility index (Phi) is 6.46. The number of benzene rings is 2. The molecule has 0 saturated heterocycles. The molecule has 0 fully saturated rings. The molecule has 176 valence electrons. The number of halogens is 2. The first-order chi connectivity index (χ1) is 16.5. The highest BCUT2D eigenvalue weighted by molar-refractivity contribution is 14.1. The minimum Gasteiger partial charge on any atom is -0.493 e. The van der Waals surface area contributed by atoms with Gasteiger partial charge in [-0.2, -0.15) is 0 Å². The van der Waals surface area contributed by atoms with Gasteiger partial charge in [0.25, 0.3) is 0 Å². The quantitative estimate of drug-likeness (QED) is 0.464. The van der Waals surface area contributed by atoms with Crippen LogP contribution in [0.25, 0.3) is 0 Å². The van der Waals surface area contributed by atoms with Gasteiger partial charge in [-0.1, -0.05) is 12.1 Å². The Morgan fingerprint density at radius 3 is 2.18 bits per heavy atom. The number of methoxy groups -OCH3 is 1. The lowest BCUT2D eigenvalue weighted by Gasteiger charge is -2.37. The summed E-state index contributed by atoms with van der Waals surface area (Å²) in [6.07, 6.45) is 4.28. The number of ketones is 2. The van der Waals surface area contributed by atoms with Crippen molar-refractivity contribution in [2.24, 2.45) is 0 Å². The molecule has 0 bridgehead atoms. The number of Topliss-reactive ketones (excluding diaryl/α,β-unsaturated/α-hetero) is 2. The van der Waals surface area contributed by atoms with Gasteiger partial charge < -0.3 is 14.8 Å². The molecule has 34 heavy (non-hydrogen) atoms. The summed E-state index contributed by atoms with van der Waals surface area (Å²) >= 11 is 2.20. The van der Waals surface area contributed by atoms with Crippen LogP contribution in [0.1, 0.15) is 55.6 Å². The summed E-state index contributed by atoms with van der Waals surface area (Å²) in [6.45, 7) is 0.265. The maximum Gasteiger partial charge on any atom is 0.174 e. The van der Waals surface area contributed by atoms with E-state index in [2.05, 4.69) is 27.9 Å². The normalized spacial score (nSPS) is 18.4. The first kappa shape index (κ1) is 23.1. The molecular weight excluding hydrogens is 548 g/mol. The van der Waals surface area contributed by atoms with E-state index in [-0.39, 0.29) is 29.9 Å². The van der Waals surface area contributed by atoms with Crippen LogP contribution in [0.4, 0.5) is 4.39 Å². The third-order valence-electron chi connectivity index (χ3n) is 6.67. The Labute approximate surface area is 211 Å². The lowest BCUT2D eigenvalue weighted by Crippen LogP contribution is -2.36. The van der Waals surface area contributed by atoms with Crippen molar-refractivity contribution in [3.63, 3.8) is 0 Å². The molecule has 0 saturated carbocycles. The third kappa shape index (κ3) is 4.26. The second kappa shape index (κ2) is 9.52. The standard InChI is InChI=1S/C27H25FINO4/c1-33-23-13-16(12-18(29)27(23)34-14-15-8-10-17(28)11-9-15)24-25-19(4-2-6-21(25)31)30-20-5-3-7-22(32)26(20)24/h8-13,24,30H,2-7,14H2,1H3.